The number of anilines is 1. The Balaban J connectivity index is 1.53. The number of carboxylic acid groups (broad SMARTS) is 1. The number of nitrogens with one attached hydrogen (secondary N) is 1. The second kappa shape index (κ2) is 9.42. The van der Waals surface area contributed by atoms with Crippen LogP contribution in [0.2, 0.25) is 0 Å². The van der Waals surface area contributed by atoms with E-state index < -0.39 is 29.2 Å². The van der Waals surface area contributed by atoms with Crippen molar-refractivity contribution in [2.24, 2.45) is 5.16 Å². The molecule has 2 aliphatic heterocycles. The average Bonchev–Trinajstić information content (AvgIpc) is 3.25. The number of aliphatic carboxylic acids is 1. The molecule has 0 saturated carbocycles. The number of allylic oxidation sites excluding steroid dienone is 1. The Morgan fingerprint density at radius 1 is 1.36 bits per heavy atom. The molecule has 2 atom stereocenters. The van der Waals surface area contributed by atoms with Gasteiger partial charge in [-0.05, 0) is 23.3 Å². The Labute approximate surface area is 196 Å². The summed E-state index contributed by atoms with van der Waals surface area (Å²) in [5.41, 5.74) is 6.96. The van der Waals surface area contributed by atoms with Gasteiger partial charge in [-0.3, -0.25) is 19.5 Å². The number of hydrogen-bond acceptors (Lipinski definition) is 10. The number of aromatic nitrogens is 2. The second-order valence-corrected chi connectivity index (χ2v) is 8.84. The quantitative estimate of drug-likeness (QED) is 0.294. The van der Waals surface area contributed by atoms with Gasteiger partial charge < -0.3 is 21.0 Å². The molecule has 0 radical (unpaired) electrons. The van der Waals surface area contributed by atoms with E-state index in [9.17, 15) is 19.5 Å². The van der Waals surface area contributed by atoms with Crippen molar-refractivity contribution in [3.05, 3.63) is 58.5 Å². The van der Waals surface area contributed by atoms with Crippen LogP contribution in [0.5, 0.6) is 0 Å². The highest BCUT2D eigenvalue weighted by Crippen LogP contribution is 2.40. The van der Waals surface area contributed by atoms with Crippen LogP contribution in [0.25, 0.3) is 6.08 Å². The minimum atomic E-state index is -1.22. The Morgan fingerprint density at radius 3 is 2.76 bits per heavy atom. The van der Waals surface area contributed by atoms with Gasteiger partial charge >= 0.3 is 5.97 Å². The molecule has 0 bridgehead atoms. The van der Waals surface area contributed by atoms with Crippen LogP contribution >= 0.6 is 23.1 Å². The van der Waals surface area contributed by atoms with E-state index in [2.05, 4.69) is 20.4 Å². The van der Waals surface area contributed by atoms with E-state index in [0.29, 0.717) is 11.3 Å². The number of nitrogen functional groups attached to an aromatic ring is 1. The number of β-lactam (4-membered cyclic amide) rings is 1. The fraction of sp³-hybridized carbons (Fsp3) is 0.200. The Morgan fingerprint density at radius 2 is 2.12 bits per heavy atom. The van der Waals surface area contributed by atoms with Crippen molar-refractivity contribution in [2.75, 3.05) is 18.6 Å². The third-order valence-corrected chi connectivity index (χ3v) is 6.81. The molecule has 170 valence electrons. The predicted molar refractivity (Wildman–Crippen MR) is 123 cm³/mol. The Hall–Kier alpha value is -3.71. The number of pyridine rings is 1. The highest BCUT2D eigenvalue weighted by atomic mass is 32.2. The van der Waals surface area contributed by atoms with Crippen molar-refractivity contribution in [1.29, 1.82) is 0 Å². The molecule has 2 aromatic rings. The van der Waals surface area contributed by atoms with Crippen LogP contribution in [0.15, 0.2) is 52.4 Å². The van der Waals surface area contributed by atoms with Crippen LogP contribution in [0.4, 0.5) is 5.13 Å². The van der Waals surface area contributed by atoms with Gasteiger partial charge in [0.1, 0.15) is 29.9 Å². The lowest BCUT2D eigenvalue weighted by Crippen LogP contribution is -2.71. The van der Waals surface area contributed by atoms with Crippen molar-refractivity contribution in [2.45, 2.75) is 11.4 Å². The number of nitrogens with zero attached hydrogens (tertiary/aromatic N) is 4. The number of rotatable bonds is 7. The highest BCUT2D eigenvalue weighted by Gasteiger charge is 2.54. The van der Waals surface area contributed by atoms with E-state index in [1.165, 1.54) is 23.8 Å². The molecule has 0 spiro atoms. The summed E-state index contributed by atoms with van der Waals surface area (Å²) in [5.74, 6) is -2.06. The first-order valence-corrected chi connectivity index (χ1v) is 11.5. The molecule has 2 amide bonds. The molecule has 1 fully saturated rings. The zero-order valence-electron chi connectivity index (χ0n) is 17.2. The number of thiazole rings is 1. The summed E-state index contributed by atoms with van der Waals surface area (Å²) in [7, 11) is 1.28. The number of carbonyl (C=O) groups is 3. The Bertz CT molecular complexity index is 1190. The molecule has 0 aromatic carbocycles. The summed E-state index contributed by atoms with van der Waals surface area (Å²) in [4.78, 5) is 51.5. The first kappa shape index (κ1) is 22.5. The van der Waals surface area contributed by atoms with Crippen LogP contribution in [0.1, 0.15) is 11.3 Å². The molecule has 33 heavy (non-hydrogen) atoms. The fourth-order valence-corrected chi connectivity index (χ4v) is 5.21. The standard InChI is InChI=1S/C20H18N6O5S2/c1-31-25-13(12-9-33-20(21)23-12)16(27)24-14-17(28)26-15(19(29)30)11(8-32-18(14)26)3-2-10-4-6-22-7-5-10/h2-7,9,14,18H,8H2,1H3,(H2,21,23)(H,24,27)(H,29,30)/b3-2+,25-13-/t14-,18-/m1/s1. The minimum absolute atomic E-state index is 0.0994. The SMILES string of the molecule is CO/N=C(\C(=O)N[C@@H]1C(=O)N2C(C(=O)O)=C(/C=C/c3ccncc3)CS[C@H]12)c1csc(N)n1. The molecule has 4 N–H and O–H groups in total. The van der Waals surface area contributed by atoms with Crippen LogP contribution in [-0.2, 0) is 19.2 Å². The van der Waals surface area contributed by atoms with Crippen LogP contribution in [0, 0.1) is 0 Å². The van der Waals surface area contributed by atoms with Gasteiger partial charge in [0, 0.05) is 23.5 Å². The van der Waals surface area contributed by atoms with Crippen molar-refractivity contribution >= 4 is 57.8 Å². The lowest BCUT2D eigenvalue weighted by molar-refractivity contribution is -0.150. The van der Waals surface area contributed by atoms with Crippen LogP contribution in [0.3, 0.4) is 0 Å². The molecule has 2 aromatic heterocycles. The van der Waals surface area contributed by atoms with Gasteiger partial charge in [0.05, 0.1) is 0 Å². The van der Waals surface area contributed by atoms with E-state index in [1.807, 2.05) is 0 Å². The monoisotopic (exact) mass is 486 g/mol. The maximum Gasteiger partial charge on any atom is 0.352 e. The number of hydrogen-bond donors (Lipinski definition) is 3. The van der Waals surface area contributed by atoms with Gasteiger partial charge in [-0.15, -0.1) is 23.1 Å². The molecule has 0 unspecified atom stereocenters. The third kappa shape index (κ3) is 4.45. The summed E-state index contributed by atoms with van der Waals surface area (Å²) in [6, 6.07) is 2.65. The largest absolute Gasteiger partial charge is 0.477 e. The van der Waals surface area contributed by atoms with Crippen molar-refractivity contribution in [3.8, 4) is 0 Å². The van der Waals surface area contributed by atoms with E-state index >= 15 is 0 Å². The summed E-state index contributed by atoms with van der Waals surface area (Å²) >= 11 is 2.49. The van der Waals surface area contributed by atoms with Gasteiger partial charge in [0.15, 0.2) is 10.8 Å². The smallest absolute Gasteiger partial charge is 0.352 e. The van der Waals surface area contributed by atoms with E-state index in [-0.39, 0.29) is 22.2 Å². The third-order valence-electron chi connectivity index (χ3n) is 4.83. The second-order valence-electron chi connectivity index (χ2n) is 6.85. The molecule has 2 aliphatic rings. The molecular weight excluding hydrogens is 468 g/mol. The van der Waals surface area contributed by atoms with E-state index in [1.54, 1.807) is 42.1 Å². The van der Waals surface area contributed by atoms with Crippen molar-refractivity contribution in [1.82, 2.24) is 20.2 Å². The number of fused-ring (bicyclic) bond motifs is 1. The lowest BCUT2D eigenvalue weighted by Gasteiger charge is -2.49. The molecule has 13 heteroatoms. The average molecular weight is 487 g/mol. The zero-order chi connectivity index (χ0) is 23.5. The number of carbonyl (C=O) groups excluding carboxylic acids is 2. The zero-order valence-corrected chi connectivity index (χ0v) is 18.8. The number of carboxylic acids is 1. The number of thioether (sulfide) groups is 1. The highest BCUT2D eigenvalue weighted by molar-refractivity contribution is 8.00. The van der Waals surface area contributed by atoms with Crippen LogP contribution in [-0.4, -0.2) is 67.7 Å². The molecule has 11 nitrogen and oxygen atoms in total. The number of nitrogens with two attached hydrogens (primary N) is 1. The van der Waals surface area contributed by atoms with E-state index in [0.717, 1.165) is 16.9 Å². The summed E-state index contributed by atoms with van der Waals surface area (Å²) in [6.07, 6.45) is 6.70. The number of amides is 2. The molecule has 4 rings (SSSR count). The Kier molecular flexibility index (Phi) is 6.42. The van der Waals surface area contributed by atoms with Gasteiger partial charge in [0.25, 0.3) is 11.8 Å². The topological polar surface area (TPSA) is 160 Å². The number of oxime groups is 1. The molecular formula is C20H18N6O5S2. The van der Waals surface area contributed by atoms with Gasteiger partial charge in [0.2, 0.25) is 0 Å². The maximum atomic E-state index is 12.9. The minimum Gasteiger partial charge on any atom is -0.477 e. The molecule has 0 aliphatic carbocycles. The fourth-order valence-electron chi connectivity index (χ4n) is 3.34. The van der Waals surface area contributed by atoms with Gasteiger partial charge in [-0.2, -0.15) is 0 Å². The summed E-state index contributed by atoms with van der Waals surface area (Å²) in [5, 5.41) is 17.3. The van der Waals surface area contributed by atoms with Gasteiger partial charge in [-0.1, -0.05) is 17.3 Å². The molecule has 4 heterocycles. The predicted octanol–water partition coefficient (Wildman–Crippen LogP) is 0.923. The first-order valence-electron chi connectivity index (χ1n) is 9.53. The maximum absolute atomic E-state index is 12.9. The summed E-state index contributed by atoms with van der Waals surface area (Å²) < 4.78 is 0. The first-order chi connectivity index (χ1) is 15.9. The normalized spacial score (nSPS) is 20.5. The summed E-state index contributed by atoms with van der Waals surface area (Å²) in [6.45, 7) is 0. The van der Waals surface area contributed by atoms with Crippen molar-refractivity contribution < 1.29 is 24.3 Å². The van der Waals surface area contributed by atoms with E-state index in [4.69, 9.17) is 10.6 Å². The van der Waals surface area contributed by atoms with Gasteiger partial charge in [-0.25, -0.2) is 9.78 Å². The molecule has 1 saturated heterocycles. The van der Waals surface area contributed by atoms with Crippen molar-refractivity contribution in [3.63, 3.8) is 0 Å². The lowest BCUT2D eigenvalue weighted by atomic mass is 10.0. The van der Waals surface area contributed by atoms with Crippen LogP contribution < -0.4 is 11.1 Å².